The number of amides is 1. The maximum Gasteiger partial charge on any atom is 0.229 e. The molecule has 1 heterocycles. The van der Waals surface area contributed by atoms with Crippen LogP contribution in [0.25, 0.3) is 0 Å². The summed E-state index contributed by atoms with van der Waals surface area (Å²) in [7, 11) is 0. The first-order valence-electron chi connectivity index (χ1n) is 6.04. The molecule has 0 spiro atoms. The highest BCUT2D eigenvalue weighted by Crippen LogP contribution is 2.55. The van der Waals surface area contributed by atoms with E-state index in [4.69, 9.17) is 0 Å². The number of nitrogens with one attached hydrogen (secondary N) is 1. The Hall–Kier alpha value is -0.970. The van der Waals surface area contributed by atoms with Gasteiger partial charge in [0, 0.05) is 5.92 Å². The van der Waals surface area contributed by atoms with Crippen molar-refractivity contribution >= 4 is 27.7 Å². The first kappa shape index (κ1) is 11.1. The molecule has 2 aliphatic rings. The average molecular weight is 296 g/mol. The van der Waals surface area contributed by atoms with Crippen molar-refractivity contribution in [1.82, 2.24) is 9.97 Å². The molecule has 1 aromatic rings. The van der Waals surface area contributed by atoms with Crippen LogP contribution in [0.2, 0.25) is 0 Å². The lowest BCUT2D eigenvalue weighted by atomic mass is 10.0. The second-order valence-electron chi connectivity index (χ2n) is 4.85. The molecular formula is C12H14BrN3O. The Morgan fingerprint density at radius 2 is 1.94 bits per heavy atom. The number of carbonyl (C=O) groups excluding carboxylic acids is 1. The number of rotatable bonds is 2. The zero-order valence-corrected chi connectivity index (χ0v) is 11.0. The Morgan fingerprint density at radius 3 is 2.53 bits per heavy atom. The van der Waals surface area contributed by atoms with Crippen LogP contribution in [-0.4, -0.2) is 15.9 Å². The maximum absolute atomic E-state index is 12.0. The van der Waals surface area contributed by atoms with Crippen LogP contribution < -0.4 is 5.32 Å². The third kappa shape index (κ3) is 2.20. The van der Waals surface area contributed by atoms with E-state index in [1.807, 2.05) is 0 Å². The molecule has 3 rings (SSSR count). The molecule has 0 aromatic carbocycles. The molecular weight excluding hydrogens is 282 g/mol. The van der Waals surface area contributed by atoms with Crippen molar-refractivity contribution in [1.29, 1.82) is 0 Å². The second-order valence-corrected chi connectivity index (χ2v) is 5.66. The molecule has 5 heteroatoms. The Kier molecular flexibility index (Phi) is 2.86. The molecule has 2 atom stereocenters. The highest BCUT2D eigenvalue weighted by Gasteiger charge is 2.54. The van der Waals surface area contributed by atoms with Crippen LogP contribution in [0.15, 0.2) is 17.0 Å². The van der Waals surface area contributed by atoms with Gasteiger partial charge in [0.1, 0.15) is 4.60 Å². The normalized spacial score (nSPS) is 30.5. The van der Waals surface area contributed by atoms with Gasteiger partial charge in [-0.15, -0.1) is 0 Å². The van der Waals surface area contributed by atoms with Crippen molar-refractivity contribution in [3.63, 3.8) is 0 Å². The van der Waals surface area contributed by atoms with E-state index in [1.165, 1.54) is 25.7 Å². The lowest BCUT2D eigenvalue weighted by molar-refractivity contribution is -0.117. The Balaban J connectivity index is 1.62. The van der Waals surface area contributed by atoms with Gasteiger partial charge < -0.3 is 5.32 Å². The zero-order chi connectivity index (χ0) is 11.8. The van der Waals surface area contributed by atoms with Crippen molar-refractivity contribution in [3.05, 3.63) is 17.0 Å². The van der Waals surface area contributed by atoms with Gasteiger partial charge in [0.15, 0.2) is 5.82 Å². The Bertz CT molecular complexity index is 422. The van der Waals surface area contributed by atoms with Crippen LogP contribution in [0, 0.1) is 17.8 Å². The third-order valence-corrected chi connectivity index (χ3v) is 4.24. The summed E-state index contributed by atoms with van der Waals surface area (Å²) < 4.78 is 0.676. The van der Waals surface area contributed by atoms with E-state index < -0.39 is 0 Å². The lowest BCUT2D eigenvalue weighted by Crippen LogP contribution is -2.16. The maximum atomic E-state index is 12.0. The molecule has 2 fully saturated rings. The summed E-state index contributed by atoms with van der Waals surface area (Å²) in [5.74, 6) is 2.16. The Morgan fingerprint density at radius 1 is 1.24 bits per heavy atom. The highest BCUT2D eigenvalue weighted by atomic mass is 79.9. The van der Waals surface area contributed by atoms with Gasteiger partial charge in [-0.25, -0.2) is 9.97 Å². The molecule has 90 valence electrons. The fourth-order valence-electron chi connectivity index (χ4n) is 2.97. The standard InChI is InChI=1S/C12H14BrN3O/c13-9-5-15-10(6-14-9)16-12(17)11-7-3-1-2-4-8(7)11/h5-8,11H,1-4H2,(H,15,16,17). The average Bonchev–Trinajstić information content (AvgIpc) is 3.06. The topological polar surface area (TPSA) is 54.9 Å². The molecule has 2 aliphatic carbocycles. The van der Waals surface area contributed by atoms with E-state index >= 15 is 0 Å². The van der Waals surface area contributed by atoms with Crippen LogP contribution in [-0.2, 0) is 4.79 Å². The summed E-state index contributed by atoms with van der Waals surface area (Å²) in [5.41, 5.74) is 0. The highest BCUT2D eigenvalue weighted by molar-refractivity contribution is 9.10. The van der Waals surface area contributed by atoms with E-state index in [9.17, 15) is 4.79 Å². The molecule has 1 N–H and O–H groups in total. The molecule has 0 saturated heterocycles. The quantitative estimate of drug-likeness (QED) is 0.912. The summed E-state index contributed by atoms with van der Waals surface area (Å²) in [6.45, 7) is 0. The number of nitrogens with zero attached hydrogens (tertiary/aromatic N) is 2. The van der Waals surface area contributed by atoms with Gasteiger partial charge in [-0.05, 0) is 40.6 Å². The number of hydrogen-bond donors (Lipinski definition) is 1. The van der Waals surface area contributed by atoms with Crippen molar-refractivity contribution in [2.45, 2.75) is 25.7 Å². The first-order chi connectivity index (χ1) is 8.25. The van der Waals surface area contributed by atoms with Gasteiger partial charge in [-0.3, -0.25) is 4.79 Å². The van der Waals surface area contributed by atoms with Gasteiger partial charge >= 0.3 is 0 Å². The minimum atomic E-state index is 0.124. The summed E-state index contributed by atoms with van der Waals surface area (Å²) in [5, 5.41) is 2.85. The SMILES string of the molecule is O=C(Nc1cnc(Br)cn1)C1C2CCCCC21. The van der Waals surface area contributed by atoms with Crippen LogP contribution in [0.3, 0.4) is 0 Å². The lowest BCUT2D eigenvalue weighted by Gasteiger charge is -2.04. The smallest absolute Gasteiger partial charge is 0.229 e. The summed E-state index contributed by atoms with van der Waals surface area (Å²) >= 11 is 3.22. The fraction of sp³-hybridized carbons (Fsp3) is 0.583. The molecule has 2 unspecified atom stereocenters. The minimum absolute atomic E-state index is 0.124. The second kappa shape index (κ2) is 4.37. The summed E-state index contributed by atoms with van der Waals surface area (Å²) in [4.78, 5) is 20.2. The van der Waals surface area contributed by atoms with Crippen LogP contribution >= 0.6 is 15.9 Å². The predicted octanol–water partition coefficient (Wildman–Crippen LogP) is 2.61. The molecule has 4 nitrogen and oxygen atoms in total. The number of aromatic nitrogens is 2. The molecule has 17 heavy (non-hydrogen) atoms. The molecule has 1 amide bonds. The number of halogens is 1. The third-order valence-electron chi connectivity index (χ3n) is 3.83. The summed E-state index contributed by atoms with van der Waals surface area (Å²) in [6, 6.07) is 0. The zero-order valence-electron chi connectivity index (χ0n) is 9.40. The minimum Gasteiger partial charge on any atom is -0.309 e. The monoisotopic (exact) mass is 295 g/mol. The van der Waals surface area contributed by atoms with Crippen LogP contribution in [0.1, 0.15) is 25.7 Å². The van der Waals surface area contributed by atoms with E-state index in [2.05, 4.69) is 31.2 Å². The van der Waals surface area contributed by atoms with Crippen molar-refractivity contribution < 1.29 is 4.79 Å². The number of anilines is 1. The first-order valence-corrected chi connectivity index (χ1v) is 6.83. The van der Waals surface area contributed by atoms with Crippen molar-refractivity contribution in [2.75, 3.05) is 5.32 Å². The Labute approximate surface area is 108 Å². The van der Waals surface area contributed by atoms with E-state index in [-0.39, 0.29) is 11.8 Å². The van der Waals surface area contributed by atoms with Gasteiger partial charge in [-0.1, -0.05) is 12.8 Å². The number of fused-ring (bicyclic) bond motifs is 1. The molecule has 2 saturated carbocycles. The van der Waals surface area contributed by atoms with Crippen molar-refractivity contribution in [2.24, 2.45) is 17.8 Å². The van der Waals surface area contributed by atoms with Crippen LogP contribution in [0.4, 0.5) is 5.82 Å². The molecule has 0 aliphatic heterocycles. The van der Waals surface area contributed by atoms with Gasteiger partial charge in [-0.2, -0.15) is 0 Å². The number of carbonyl (C=O) groups is 1. The fourth-order valence-corrected chi connectivity index (χ4v) is 3.17. The van der Waals surface area contributed by atoms with E-state index in [1.54, 1.807) is 12.4 Å². The van der Waals surface area contributed by atoms with E-state index in [0.29, 0.717) is 22.3 Å². The van der Waals surface area contributed by atoms with Gasteiger partial charge in [0.2, 0.25) is 5.91 Å². The number of hydrogen-bond acceptors (Lipinski definition) is 3. The molecule has 1 aromatic heterocycles. The van der Waals surface area contributed by atoms with Crippen LogP contribution in [0.5, 0.6) is 0 Å². The van der Waals surface area contributed by atoms with Crippen molar-refractivity contribution in [3.8, 4) is 0 Å². The van der Waals surface area contributed by atoms with Gasteiger partial charge in [0.05, 0.1) is 12.4 Å². The van der Waals surface area contributed by atoms with E-state index in [0.717, 1.165) is 0 Å². The predicted molar refractivity (Wildman–Crippen MR) is 67.3 cm³/mol. The summed E-state index contributed by atoms with van der Waals surface area (Å²) in [6.07, 6.45) is 8.17. The molecule has 0 bridgehead atoms. The molecule has 0 radical (unpaired) electrons. The largest absolute Gasteiger partial charge is 0.309 e. The van der Waals surface area contributed by atoms with Gasteiger partial charge in [0.25, 0.3) is 0 Å².